The van der Waals surface area contributed by atoms with Gasteiger partial charge >= 0.3 is 0 Å². The first-order chi connectivity index (χ1) is 11.4. The van der Waals surface area contributed by atoms with Gasteiger partial charge in [0, 0.05) is 44.5 Å². The molecule has 1 amide bonds. The molecule has 0 unspecified atom stereocenters. The second-order valence-electron chi connectivity index (χ2n) is 6.73. The molecule has 4 heteroatoms. The van der Waals surface area contributed by atoms with E-state index < -0.39 is 0 Å². The molecule has 0 spiro atoms. The van der Waals surface area contributed by atoms with Crippen LogP contribution in [0.1, 0.15) is 45.0 Å². The summed E-state index contributed by atoms with van der Waals surface area (Å²) in [5, 5.41) is 0. The summed E-state index contributed by atoms with van der Waals surface area (Å²) >= 11 is 0. The van der Waals surface area contributed by atoms with Gasteiger partial charge in [0.1, 0.15) is 0 Å². The predicted molar refractivity (Wildman–Crippen MR) is 104 cm³/mol. The SMILES string of the molecule is CCN(CC)CCN(CC(C)C)C(=O)c1ccc(N(C)CC)cc1. The van der Waals surface area contributed by atoms with Crippen molar-refractivity contribution in [2.24, 2.45) is 5.92 Å². The number of anilines is 1. The minimum Gasteiger partial charge on any atom is -0.375 e. The highest BCUT2D eigenvalue weighted by atomic mass is 16.2. The molecular formula is C20H35N3O. The average Bonchev–Trinajstić information content (AvgIpc) is 2.60. The van der Waals surface area contributed by atoms with Crippen LogP contribution in [0.15, 0.2) is 24.3 Å². The molecule has 24 heavy (non-hydrogen) atoms. The van der Waals surface area contributed by atoms with Crippen LogP contribution in [0.25, 0.3) is 0 Å². The molecule has 4 nitrogen and oxygen atoms in total. The predicted octanol–water partition coefficient (Wildman–Crippen LogP) is 3.58. The summed E-state index contributed by atoms with van der Waals surface area (Å²) in [6.07, 6.45) is 0. The van der Waals surface area contributed by atoms with Gasteiger partial charge in [-0.25, -0.2) is 0 Å². The zero-order valence-electron chi connectivity index (χ0n) is 16.4. The van der Waals surface area contributed by atoms with E-state index in [1.54, 1.807) is 0 Å². The van der Waals surface area contributed by atoms with Crippen LogP contribution in [-0.4, -0.2) is 62.0 Å². The number of carbonyl (C=O) groups is 1. The Bertz CT molecular complexity index is 480. The molecule has 0 aliphatic carbocycles. The van der Waals surface area contributed by atoms with Gasteiger partial charge in [0.05, 0.1) is 0 Å². The van der Waals surface area contributed by atoms with Crippen molar-refractivity contribution >= 4 is 11.6 Å². The number of benzene rings is 1. The molecule has 1 aromatic carbocycles. The first-order valence-electron chi connectivity index (χ1n) is 9.25. The van der Waals surface area contributed by atoms with Gasteiger partial charge in [0.25, 0.3) is 5.91 Å². The molecule has 0 radical (unpaired) electrons. The van der Waals surface area contributed by atoms with E-state index in [0.29, 0.717) is 5.92 Å². The number of rotatable bonds is 10. The molecule has 0 saturated heterocycles. The smallest absolute Gasteiger partial charge is 0.253 e. The van der Waals surface area contributed by atoms with Crippen LogP contribution in [0.3, 0.4) is 0 Å². The molecule has 0 atom stereocenters. The summed E-state index contributed by atoms with van der Waals surface area (Å²) in [4.78, 5) is 19.4. The van der Waals surface area contributed by atoms with Gasteiger partial charge in [0.2, 0.25) is 0 Å². The summed E-state index contributed by atoms with van der Waals surface area (Å²) in [5.41, 5.74) is 1.93. The lowest BCUT2D eigenvalue weighted by Crippen LogP contribution is -2.40. The summed E-state index contributed by atoms with van der Waals surface area (Å²) in [7, 11) is 2.06. The van der Waals surface area contributed by atoms with Crippen molar-refractivity contribution < 1.29 is 4.79 Å². The minimum absolute atomic E-state index is 0.140. The first-order valence-corrected chi connectivity index (χ1v) is 9.25. The van der Waals surface area contributed by atoms with Crippen LogP contribution in [-0.2, 0) is 0 Å². The number of nitrogens with zero attached hydrogens (tertiary/aromatic N) is 3. The third kappa shape index (κ3) is 6.16. The van der Waals surface area contributed by atoms with Crippen LogP contribution in [0, 0.1) is 5.92 Å². The van der Waals surface area contributed by atoms with Crippen molar-refractivity contribution in [2.75, 3.05) is 51.2 Å². The topological polar surface area (TPSA) is 26.8 Å². The Labute approximate surface area is 148 Å². The largest absolute Gasteiger partial charge is 0.375 e. The van der Waals surface area contributed by atoms with Gasteiger partial charge in [-0.15, -0.1) is 0 Å². The van der Waals surface area contributed by atoms with Crippen LogP contribution >= 0.6 is 0 Å². The lowest BCUT2D eigenvalue weighted by molar-refractivity contribution is 0.0716. The van der Waals surface area contributed by atoms with E-state index in [-0.39, 0.29) is 5.91 Å². The third-order valence-electron chi connectivity index (χ3n) is 4.48. The molecule has 0 aliphatic heterocycles. The van der Waals surface area contributed by atoms with Crippen molar-refractivity contribution in [3.63, 3.8) is 0 Å². The van der Waals surface area contributed by atoms with Crippen LogP contribution in [0.5, 0.6) is 0 Å². The number of amides is 1. The van der Waals surface area contributed by atoms with Gasteiger partial charge in [-0.3, -0.25) is 4.79 Å². The maximum atomic E-state index is 12.9. The second-order valence-corrected chi connectivity index (χ2v) is 6.73. The average molecular weight is 334 g/mol. The number of hydrogen-bond acceptors (Lipinski definition) is 3. The van der Waals surface area contributed by atoms with Gasteiger partial charge in [-0.2, -0.15) is 0 Å². The number of carbonyl (C=O) groups excluding carboxylic acids is 1. The lowest BCUT2D eigenvalue weighted by Gasteiger charge is -2.28. The van der Waals surface area contributed by atoms with Crippen molar-refractivity contribution in [3.05, 3.63) is 29.8 Å². The minimum atomic E-state index is 0.140. The lowest BCUT2D eigenvalue weighted by atomic mass is 10.1. The summed E-state index contributed by atoms with van der Waals surface area (Å²) in [5.74, 6) is 0.609. The highest BCUT2D eigenvalue weighted by Crippen LogP contribution is 2.15. The van der Waals surface area contributed by atoms with Crippen LogP contribution in [0.2, 0.25) is 0 Å². The Balaban J connectivity index is 2.82. The fourth-order valence-corrected chi connectivity index (χ4v) is 2.74. The van der Waals surface area contributed by atoms with Gasteiger partial charge in [-0.05, 0) is 50.2 Å². The van der Waals surface area contributed by atoms with Crippen LogP contribution in [0.4, 0.5) is 5.69 Å². The fourth-order valence-electron chi connectivity index (χ4n) is 2.74. The van der Waals surface area contributed by atoms with E-state index in [9.17, 15) is 4.79 Å². The monoisotopic (exact) mass is 333 g/mol. The molecule has 0 aromatic heterocycles. The van der Waals surface area contributed by atoms with Crippen molar-refractivity contribution in [2.45, 2.75) is 34.6 Å². The molecule has 0 bridgehead atoms. The molecule has 1 aromatic rings. The van der Waals surface area contributed by atoms with Crippen molar-refractivity contribution in [1.82, 2.24) is 9.80 Å². The molecule has 0 aliphatic rings. The maximum absolute atomic E-state index is 12.9. The van der Waals surface area contributed by atoms with E-state index in [0.717, 1.165) is 50.5 Å². The second kappa shape index (κ2) is 10.3. The van der Waals surface area contributed by atoms with E-state index >= 15 is 0 Å². The van der Waals surface area contributed by atoms with Crippen LogP contribution < -0.4 is 4.90 Å². The molecule has 0 N–H and O–H groups in total. The highest BCUT2D eigenvalue weighted by molar-refractivity contribution is 5.94. The zero-order valence-corrected chi connectivity index (χ0v) is 16.4. The Morgan fingerprint density at radius 1 is 0.958 bits per heavy atom. The van der Waals surface area contributed by atoms with E-state index in [1.165, 1.54) is 0 Å². The van der Waals surface area contributed by atoms with E-state index in [4.69, 9.17) is 0 Å². The van der Waals surface area contributed by atoms with E-state index in [2.05, 4.69) is 51.5 Å². The Kier molecular flexibility index (Phi) is 8.83. The maximum Gasteiger partial charge on any atom is 0.253 e. The Hall–Kier alpha value is -1.55. The highest BCUT2D eigenvalue weighted by Gasteiger charge is 2.17. The quantitative estimate of drug-likeness (QED) is 0.655. The Morgan fingerprint density at radius 3 is 2.00 bits per heavy atom. The third-order valence-corrected chi connectivity index (χ3v) is 4.48. The van der Waals surface area contributed by atoms with Crippen molar-refractivity contribution in [1.29, 1.82) is 0 Å². The molecule has 0 heterocycles. The molecule has 1 rings (SSSR count). The number of hydrogen-bond donors (Lipinski definition) is 0. The number of likely N-dealkylation sites (N-methyl/N-ethyl adjacent to an activating group) is 1. The fraction of sp³-hybridized carbons (Fsp3) is 0.650. The molecular weight excluding hydrogens is 298 g/mol. The normalized spacial score (nSPS) is 11.2. The van der Waals surface area contributed by atoms with E-state index in [1.807, 2.05) is 29.2 Å². The summed E-state index contributed by atoms with van der Waals surface area (Å²) in [6, 6.07) is 7.98. The molecule has 0 fully saturated rings. The van der Waals surface area contributed by atoms with Gasteiger partial charge in [0.15, 0.2) is 0 Å². The summed E-state index contributed by atoms with van der Waals surface area (Å²) in [6.45, 7) is 16.3. The van der Waals surface area contributed by atoms with Crippen molar-refractivity contribution in [3.8, 4) is 0 Å². The summed E-state index contributed by atoms with van der Waals surface area (Å²) < 4.78 is 0. The zero-order chi connectivity index (χ0) is 18.1. The molecule has 136 valence electrons. The molecule has 0 saturated carbocycles. The Morgan fingerprint density at radius 2 is 1.54 bits per heavy atom. The first kappa shape index (κ1) is 20.5. The van der Waals surface area contributed by atoms with Gasteiger partial charge < -0.3 is 14.7 Å². The van der Waals surface area contributed by atoms with Gasteiger partial charge in [-0.1, -0.05) is 27.7 Å². The standard InChI is InChI=1S/C20H35N3O/c1-7-21(6)19-12-10-18(11-13-19)20(24)23(16-17(4)5)15-14-22(8-2)9-3/h10-13,17H,7-9,14-16H2,1-6H3.